The highest BCUT2D eigenvalue weighted by atomic mass is 15.5. The number of benzene rings is 10. The van der Waals surface area contributed by atoms with Crippen LogP contribution in [0.5, 0.6) is 0 Å². The van der Waals surface area contributed by atoms with Gasteiger partial charge in [-0.2, -0.15) is 5.10 Å². The number of hydrogen-bond acceptors (Lipinski definition) is 5. The van der Waals surface area contributed by atoms with Gasteiger partial charge in [-0.15, -0.1) is 0 Å². The van der Waals surface area contributed by atoms with Crippen LogP contribution in [-0.4, -0.2) is 27.4 Å². The normalized spacial score (nSPS) is 14.5. The molecular formula is C63H43N7. The lowest BCUT2D eigenvalue weighted by Crippen LogP contribution is -2.44. The van der Waals surface area contributed by atoms with Gasteiger partial charge in [0.05, 0.1) is 45.4 Å². The molecule has 0 spiro atoms. The van der Waals surface area contributed by atoms with Crippen LogP contribution in [0.3, 0.4) is 0 Å². The number of anilines is 4. The Morgan fingerprint density at radius 2 is 0.929 bits per heavy atom. The van der Waals surface area contributed by atoms with Crippen LogP contribution in [-0.2, 0) is 0 Å². The topological polar surface area (TPSA) is 53.1 Å². The SMILES string of the molecule is C1=NN(c2ccccc2)C2=C(c3ccc(N(c4ccccc4)c4ccccc4)cc3)N=C(n3c4ccc(-c5ccc6c(c5)c5ccccc5n6-c5ccccc5)cc4c4c5ccccc5ccc43)NC12. The predicted molar refractivity (Wildman–Crippen MR) is 292 cm³/mol. The van der Waals surface area contributed by atoms with Crippen molar-refractivity contribution in [2.45, 2.75) is 6.04 Å². The van der Waals surface area contributed by atoms with Crippen LogP contribution in [0.25, 0.3) is 76.9 Å². The molecule has 0 saturated carbocycles. The van der Waals surface area contributed by atoms with Crippen molar-refractivity contribution in [1.82, 2.24) is 14.5 Å². The van der Waals surface area contributed by atoms with Gasteiger partial charge in [0.1, 0.15) is 6.04 Å². The van der Waals surface area contributed by atoms with Gasteiger partial charge < -0.3 is 14.8 Å². The minimum Gasteiger partial charge on any atom is -0.342 e. The highest BCUT2D eigenvalue weighted by Crippen LogP contribution is 2.42. The first kappa shape index (κ1) is 39.7. The number of nitrogens with zero attached hydrogens (tertiary/aromatic N) is 6. The molecule has 14 rings (SSSR count). The minimum absolute atomic E-state index is 0.246. The quantitative estimate of drug-likeness (QED) is 0.173. The molecule has 2 aromatic heterocycles. The Morgan fingerprint density at radius 3 is 1.63 bits per heavy atom. The molecule has 330 valence electrons. The highest BCUT2D eigenvalue weighted by molar-refractivity contribution is 6.24. The first-order chi connectivity index (χ1) is 34.7. The molecule has 0 fully saturated rings. The second kappa shape index (κ2) is 16.1. The summed E-state index contributed by atoms with van der Waals surface area (Å²) in [4.78, 5) is 7.95. The molecule has 0 radical (unpaired) electrons. The second-order valence-electron chi connectivity index (χ2n) is 17.9. The van der Waals surface area contributed by atoms with Crippen molar-refractivity contribution in [3.8, 4) is 16.8 Å². The lowest BCUT2D eigenvalue weighted by molar-refractivity contribution is 0.827. The van der Waals surface area contributed by atoms with E-state index in [1.54, 1.807) is 0 Å². The summed E-state index contributed by atoms with van der Waals surface area (Å²) >= 11 is 0. The number of aromatic nitrogens is 2. The van der Waals surface area contributed by atoms with Crippen molar-refractivity contribution in [1.29, 1.82) is 0 Å². The van der Waals surface area contributed by atoms with Crippen molar-refractivity contribution in [3.63, 3.8) is 0 Å². The Morgan fingerprint density at radius 1 is 0.400 bits per heavy atom. The van der Waals surface area contributed by atoms with Crippen LogP contribution >= 0.6 is 0 Å². The molecule has 0 aliphatic carbocycles. The average Bonchev–Trinajstić information content (AvgIpc) is 4.12. The van der Waals surface area contributed by atoms with E-state index in [1.807, 2.05) is 17.3 Å². The largest absolute Gasteiger partial charge is 0.342 e. The van der Waals surface area contributed by atoms with Crippen molar-refractivity contribution in [2.75, 3.05) is 9.91 Å². The first-order valence-electron chi connectivity index (χ1n) is 23.8. The molecule has 70 heavy (non-hydrogen) atoms. The Bertz CT molecular complexity index is 4040. The maximum absolute atomic E-state index is 5.67. The zero-order valence-electron chi connectivity index (χ0n) is 37.9. The van der Waals surface area contributed by atoms with Crippen LogP contribution in [0, 0.1) is 0 Å². The van der Waals surface area contributed by atoms with Crippen molar-refractivity contribution < 1.29 is 0 Å². The van der Waals surface area contributed by atoms with E-state index < -0.39 is 0 Å². The lowest BCUT2D eigenvalue weighted by Gasteiger charge is -2.29. The monoisotopic (exact) mass is 897 g/mol. The van der Waals surface area contributed by atoms with E-state index in [-0.39, 0.29) is 6.04 Å². The zero-order chi connectivity index (χ0) is 46.1. The van der Waals surface area contributed by atoms with Gasteiger partial charge in [0.25, 0.3) is 0 Å². The second-order valence-corrected chi connectivity index (χ2v) is 17.9. The molecule has 7 heteroatoms. The van der Waals surface area contributed by atoms with Gasteiger partial charge in [0.2, 0.25) is 5.96 Å². The number of aliphatic imine (C=N–C) groups is 1. The molecule has 2 aliphatic rings. The summed E-state index contributed by atoms with van der Waals surface area (Å²) in [6.45, 7) is 0. The summed E-state index contributed by atoms with van der Waals surface area (Å²) < 4.78 is 4.68. The molecule has 1 N–H and O–H groups in total. The van der Waals surface area contributed by atoms with E-state index in [0.29, 0.717) is 0 Å². The fourth-order valence-corrected chi connectivity index (χ4v) is 10.8. The molecule has 12 aromatic rings. The predicted octanol–water partition coefficient (Wildman–Crippen LogP) is 15.2. The van der Waals surface area contributed by atoms with Gasteiger partial charge in [0, 0.05) is 49.9 Å². The number of rotatable bonds is 7. The van der Waals surface area contributed by atoms with E-state index in [0.717, 1.165) is 73.3 Å². The molecule has 1 atom stereocenters. The molecule has 10 aromatic carbocycles. The van der Waals surface area contributed by atoms with E-state index in [9.17, 15) is 0 Å². The third-order valence-corrected chi connectivity index (χ3v) is 13.9. The standard InChI is InChI=1S/C63H43N7/c1-5-18-46(19-6-1)67(47-20-7-2-8-21-47)49-34-29-43(30-35-49)61-62-55(41-64-70(62)50-24-11-4-12-25-50)65-63(66-61)69-58-37-33-45(40-54(58)60-51-26-14-13-17-42(51)31-38-59(60)69)44-32-36-57-53(39-44)52-27-15-16-28-56(52)68(57)48-22-9-3-10-23-48/h1-41,55H,(H,65,66). The first-order valence-corrected chi connectivity index (χ1v) is 23.8. The Kier molecular flexibility index (Phi) is 9.13. The van der Waals surface area contributed by atoms with Crippen LogP contribution in [0.1, 0.15) is 5.56 Å². The van der Waals surface area contributed by atoms with Crippen molar-refractivity contribution >= 4 is 95.0 Å². The van der Waals surface area contributed by atoms with E-state index in [4.69, 9.17) is 10.1 Å². The maximum Gasteiger partial charge on any atom is 0.209 e. The summed E-state index contributed by atoms with van der Waals surface area (Å²) in [6, 6.07) is 86.3. The van der Waals surface area contributed by atoms with Crippen molar-refractivity contribution in [3.05, 3.63) is 254 Å². The van der Waals surface area contributed by atoms with Crippen LogP contribution in [0.15, 0.2) is 258 Å². The number of nitrogens with one attached hydrogen (secondary N) is 1. The third kappa shape index (κ3) is 6.36. The van der Waals surface area contributed by atoms with Crippen LogP contribution in [0.4, 0.5) is 22.7 Å². The van der Waals surface area contributed by atoms with Gasteiger partial charge in [-0.3, -0.25) is 4.57 Å². The Hall–Kier alpha value is -9.46. The molecule has 7 nitrogen and oxygen atoms in total. The summed E-state index contributed by atoms with van der Waals surface area (Å²) in [5, 5.41) is 18.1. The van der Waals surface area contributed by atoms with Crippen LogP contribution in [0.2, 0.25) is 0 Å². The zero-order valence-corrected chi connectivity index (χ0v) is 37.9. The van der Waals surface area contributed by atoms with Gasteiger partial charge in [0.15, 0.2) is 0 Å². The average molecular weight is 898 g/mol. The smallest absolute Gasteiger partial charge is 0.209 e. The molecule has 2 aliphatic heterocycles. The summed E-state index contributed by atoms with van der Waals surface area (Å²) in [5.41, 5.74) is 15.0. The van der Waals surface area contributed by atoms with Gasteiger partial charge in [-0.25, -0.2) is 10.0 Å². The fraction of sp³-hybridized carbons (Fsp3) is 0.0159. The molecule has 0 saturated heterocycles. The molecule has 4 heterocycles. The number of hydrazone groups is 1. The van der Waals surface area contributed by atoms with Gasteiger partial charge in [-0.1, -0.05) is 146 Å². The van der Waals surface area contributed by atoms with Crippen molar-refractivity contribution in [2.24, 2.45) is 10.1 Å². The van der Waals surface area contributed by atoms with E-state index in [2.05, 4.69) is 256 Å². The number of fused-ring (bicyclic) bond motifs is 9. The summed E-state index contributed by atoms with van der Waals surface area (Å²) in [5.74, 6) is 0.738. The van der Waals surface area contributed by atoms with E-state index in [1.165, 1.54) is 43.5 Å². The minimum atomic E-state index is -0.246. The summed E-state index contributed by atoms with van der Waals surface area (Å²) in [6.07, 6.45) is 2.00. The number of para-hydroxylation sites is 5. The van der Waals surface area contributed by atoms with Gasteiger partial charge in [-0.05, 0) is 119 Å². The fourth-order valence-electron chi connectivity index (χ4n) is 10.8. The molecule has 0 bridgehead atoms. The molecule has 0 amide bonds. The summed E-state index contributed by atoms with van der Waals surface area (Å²) in [7, 11) is 0. The highest BCUT2D eigenvalue weighted by Gasteiger charge is 2.35. The lowest BCUT2D eigenvalue weighted by atomic mass is 9.99. The molecule has 1 unspecified atom stereocenters. The Labute approximate surface area is 404 Å². The van der Waals surface area contributed by atoms with Gasteiger partial charge >= 0.3 is 0 Å². The molecular weight excluding hydrogens is 855 g/mol. The Balaban J connectivity index is 0.947. The van der Waals surface area contributed by atoms with Crippen LogP contribution < -0.4 is 15.2 Å². The third-order valence-electron chi connectivity index (χ3n) is 13.9. The maximum atomic E-state index is 5.67. The number of hydrogen-bond donors (Lipinski definition) is 1. The van der Waals surface area contributed by atoms with E-state index >= 15 is 0 Å².